The zero-order chi connectivity index (χ0) is 27.3. The summed E-state index contributed by atoms with van der Waals surface area (Å²) < 4.78 is 0. The van der Waals surface area contributed by atoms with Gasteiger partial charge in [-0.25, -0.2) is 0 Å². The van der Waals surface area contributed by atoms with Crippen LogP contribution in [-0.4, -0.2) is 4.87 Å². The minimum atomic E-state index is -0.0420. The summed E-state index contributed by atoms with van der Waals surface area (Å²) in [6.07, 6.45) is 44.1. The monoisotopic (exact) mass is 539 g/mol. The molecule has 0 N–H and O–H groups in total. The molecule has 1 atom stereocenters. The summed E-state index contributed by atoms with van der Waals surface area (Å²) >= 11 is 6.81. The molecule has 0 spiro atoms. The van der Waals surface area contributed by atoms with Crippen molar-refractivity contribution in [2.24, 2.45) is 5.92 Å². The number of rotatable bonds is 30. The van der Waals surface area contributed by atoms with Crippen molar-refractivity contribution in [2.75, 3.05) is 0 Å². The number of unbranched alkanes of at least 4 members (excludes halogenated alkanes) is 23. The van der Waals surface area contributed by atoms with Gasteiger partial charge < -0.3 is 0 Å². The van der Waals surface area contributed by atoms with Crippen molar-refractivity contribution < 1.29 is 0 Å². The van der Waals surface area contributed by atoms with Crippen LogP contribution in [-0.2, 0) is 0 Å². The maximum atomic E-state index is 6.81. The molecule has 0 saturated heterocycles. The summed E-state index contributed by atoms with van der Waals surface area (Å²) in [7, 11) is 0. The van der Waals surface area contributed by atoms with Crippen molar-refractivity contribution in [1.29, 1.82) is 0 Å². The van der Waals surface area contributed by atoms with E-state index in [1.54, 1.807) is 0 Å². The van der Waals surface area contributed by atoms with Crippen LogP contribution in [0.5, 0.6) is 0 Å². The Morgan fingerprint density at radius 2 is 0.703 bits per heavy atom. The van der Waals surface area contributed by atoms with E-state index in [4.69, 9.17) is 11.6 Å². The van der Waals surface area contributed by atoms with Crippen molar-refractivity contribution in [3.05, 3.63) is 12.2 Å². The molecular weight excluding hydrogens is 468 g/mol. The van der Waals surface area contributed by atoms with E-state index >= 15 is 0 Å². The quantitative estimate of drug-likeness (QED) is 0.0484. The van der Waals surface area contributed by atoms with E-state index in [-0.39, 0.29) is 4.87 Å². The van der Waals surface area contributed by atoms with E-state index in [1.165, 1.54) is 180 Å². The first kappa shape index (κ1) is 37.0. The highest BCUT2D eigenvalue weighted by Crippen LogP contribution is 2.33. The number of alkyl halides is 1. The largest absolute Gasteiger partial charge is 0.120 e. The fourth-order valence-corrected chi connectivity index (χ4v) is 5.92. The van der Waals surface area contributed by atoms with Crippen LogP contribution in [0.25, 0.3) is 0 Å². The Hall–Kier alpha value is 0.0300. The minimum Gasteiger partial charge on any atom is -0.120 e. The molecule has 0 rings (SSSR count). The normalized spacial score (nSPS) is 13.1. The SMILES string of the molecule is CCCCCCCC/C=C\CCCCCCCCC(CCCCCCCCCCCCCC)C(C)(C)Cl. The van der Waals surface area contributed by atoms with Crippen molar-refractivity contribution >= 4 is 11.6 Å². The van der Waals surface area contributed by atoms with Gasteiger partial charge in [0.05, 0.1) is 0 Å². The minimum absolute atomic E-state index is 0.0420. The third-order valence-corrected chi connectivity index (χ3v) is 8.75. The molecule has 0 amide bonds. The number of halogens is 1. The van der Waals surface area contributed by atoms with Crippen molar-refractivity contribution in [2.45, 2.75) is 212 Å². The number of allylic oxidation sites excluding steroid dienone is 2. The zero-order valence-corrected chi connectivity index (χ0v) is 27.2. The van der Waals surface area contributed by atoms with Crippen LogP contribution in [0, 0.1) is 5.92 Å². The molecule has 0 bridgehead atoms. The highest BCUT2D eigenvalue weighted by atomic mass is 35.5. The first-order chi connectivity index (χ1) is 18.0. The zero-order valence-electron chi connectivity index (χ0n) is 26.4. The van der Waals surface area contributed by atoms with Gasteiger partial charge in [0, 0.05) is 4.87 Å². The molecule has 0 fully saturated rings. The fourth-order valence-electron chi connectivity index (χ4n) is 5.70. The molecule has 0 radical (unpaired) electrons. The molecule has 1 heteroatoms. The van der Waals surface area contributed by atoms with Gasteiger partial charge in [0.1, 0.15) is 0 Å². The third kappa shape index (κ3) is 28.8. The van der Waals surface area contributed by atoms with Gasteiger partial charge in [0.2, 0.25) is 0 Å². The average molecular weight is 539 g/mol. The van der Waals surface area contributed by atoms with E-state index in [0.29, 0.717) is 5.92 Å². The molecule has 0 heterocycles. The van der Waals surface area contributed by atoms with Gasteiger partial charge in [-0.1, -0.05) is 167 Å². The van der Waals surface area contributed by atoms with Crippen molar-refractivity contribution in [3.63, 3.8) is 0 Å². The van der Waals surface area contributed by atoms with Crippen LogP contribution in [0.15, 0.2) is 12.2 Å². The molecule has 0 saturated carbocycles. The fraction of sp³-hybridized carbons (Fsp3) is 0.944. The van der Waals surface area contributed by atoms with Crippen LogP contribution in [0.1, 0.15) is 207 Å². The molecule has 0 aromatic heterocycles. The van der Waals surface area contributed by atoms with Crippen LogP contribution in [0.2, 0.25) is 0 Å². The lowest BCUT2D eigenvalue weighted by Gasteiger charge is -2.28. The van der Waals surface area contributed by atoms with Crippen molar-refractivity contribution in [1.82, 2.24) is 0 Å². The number of hydrogen-bond donors (Lipinski definition) is 0. The molecule has 1 unspecified atom stereocenters. The Labute approximate surface area is 241 Å². The highest BCUT2D eigenvalue weighted by Gasteiger charge is 2.25. The van der Waals surface area contributed by atoms with E-state index in [1.807, 2.05) is 0 Å². The average Bonchev–Trinajstić information content (AvgIpc) is 2.87. The molecular formula is C36H71Cl. The topological polar surface area (TPSA) is 0 Å². The maximum absolute atomic E-state index is 6.81. The Bertz CT molecular complexity index is 446. The molecule has 0 aliphatic carbocycles. The molecule has 0 aromatic rings. The smallest absolute Gasteiger partial charge is 0.0418 e. The van der Waals surface area contributed by atoms with Gasteiger partial charge in [0.15, 0.2) is 0 Å². The second kappa shape index (κ2) is 29.0. The first-order valence-corrected chi connectivity index (χ1v) is 17.7. The lowest BCUT2D eigenvalue weighted by molar-refractivity contribution is 0.334. The Morgan fingerprint density at radius 3 is 1.00 bits per heavy atom. The summed E-state index contributed by atoms with van der Waals surface area (Å²) in [5.74, 6) is 0.689. The standard InChI is InChI=1S/C36H71Cl/c1-5-7-9-11-13-15-17-19-20-21-22-24-26-28-30-32-34-35(36(3,4)37)33-31-29-27-25-23-18-16-14-12-10-8-6-2/h19-20,35H,5-18,21-34H2,1-4H3/b20-19-. The molecule has 37 heavy (non-hydrogen) atoms. The van der Waals surface area contributed by atoms with Crippen LogP contribution in [0.3, 0.4) is 0 Å². The van der Waals surface area contributed by atoms with Gasteiger partial charge in [-0.05, 0) is 58.3 Å². The summed E-state index contributed by atoms with van der Waals surface area (Å²) in [6.45, 7) is 9.09. The lowest BCUT2D eigenvalue weighted by atomic mass is 9.85. The lowest BCUT2D eigenvalue weighted by Crippen LogP contribution is -2.24. The summed E-state index contributed by atoms with van der Waals surface area (Å²) in [4.78, 5) is -0.0420. The van der Waals surface area contributed by atoms with Crippen LogP contribution >= 0.6 is 11.6 Å². The van der Waals surface area contributed by atoms with Gasteiger partial charge in [-0.15, -0.1) is 11.6 Å². The summed E-state index contributed by atoms with van der Waals surface area (Å²) in [6, 6.07) is 0. The molecule has 0 aromatic carbocycles. The molecule has 222 valence electrons. The van der Waals surface area contributed by atoms with Crippen LogP contribution < -0.4 is 0 Å². The molecule has 0 aliphatic rings. The van der Waals surface area contributed by atoms with E-state index in [2.05, 4.69) is 39.8 Å². The molecule has 0 nitrogen and oxygen atoms in total. The van der Waals surface area contributed by atoms with Crippen LogP contribution in [0.4, 0.5) is 0 Å². The van der Waals surface area contributed by atoms with Gasteiger partial charge in [-0.3, -0.25) is 0 Å². The van der Waals surface area contributed by atoms with E-state index < -0.39 is 0 Å². The Kier molecular flexibility index (Phi) is 29.0. The third-order valence-electron chi connectivity index (χ3n) is 8.44. The van der Waals surface area contributed by atoms with E-state index in [9.17, 15) is 0 Å². The maximum Gasteiger partial charge on any atom is 0.0418 e. The highest BCUT2D eigenvalue weighted by molar-refractivity contribution is 6.23. The number of hydrogen-bond acceptors (Lipinski definition) is 0. The summed E-state index contributed by atoms with van der Waals surface area (Å²) in [5.41, 5.74) is 0. The predicted octanol–water partition coefficient (Wildman–Crippen LogP) is 14.1. The van der Waals surface area contributed by atoms with Gasteiger partial charge in [0.25, 0.3) is 0 Å². The Balaban J connectivity index is 3.57. The first-order valence-electron chi connectivity index (χ1n) is 17.4. The predicted molar refractivity (Wildman–Crippen MR) is 173 cm³/mol. The Morgan fingerprint density at radius 1 is 0.432 bits per heavy atom. The van der Waals surface area contributed by atoms with Crippen molar-refractivity contribution in [3.8, 4) is 0 Å². The van der Waals surface area contributed by atoms with Gasteiger partial charge in [-0.2, -0.15) is 0 Å². The molecule has 0 aliphatic heterocycles. The second-order valence-corrected chi connectivity index (χ2v) is 13.6. The second-order valence-electron chi connectivity index (χ2n) is 12.7. The van der Waals surface area contributed by atoms with E-state index in [0.717, 1.165) is 0 Å². The van der Waals surface area contributed by atoms with Gasteiger partial charge >= 0.3 is 0 Å². The summed E-state index contributed by atoms with van der Waals surface area (Å²) in [5, 5.41) is 0.